The second kappa shape index (κ2) is 9.10. The molecule has 32 heavy (non-hydrogen) atoms. The number of para-hydroxylation sites is 1. The molecule has 1 aliphatic carbocycles. The van der Waals surface area contributed by atoms with E-state index in [9.17, 15) is 14.4 Å². The molecule has 0 atom stereocenters. The molecule has 2 aliphatic rings. The lowest BCUT2D eigenvalue weighted by molar-refractivity contribution is -0.128. The Morgan fingerprint density at radius 1 is 1.12 bits per heavy atom. The molecule has 164 valence electrons. The molecule has 2 fully saturated rings. The van der Waals surface area contributed by atoms with E-state index in [4.69, 9.17) is 10.00 Å². The average molecular weight is 432 g/mol. The van der Waals surface area contributed by atoms with Gasteiger partial charge in [0, 0.05) is 17.2 Å². The minimum atomic E-state index is -0.873. The Morgan fingerprint density at radius 3 is 2.50 bits per heavy atom. The number of nitriles is 1. The van der Waals surface area contributed by atoms with Crippen LogP contribution in [0.5, 0.6) is 5.75 Å². The fraction of sp³-hybridized carbons (Fsp3) is 0.333. The zero-order valence-corrected chi connectivity index (χ0v) is 17.5. The number of carbonyl (C=O) groups excluding carboxylic acids is 3. The predicted octanol–water partition coefficient (Wildman–Crippen LogP) is 3.04. The van der Waals surface area contributed by atoms with Crippen LogP contribution in [0.25, 0.3) is 0 Å². The monoisotopic (exact) mass is 432 g/mol. The maximum atomic E-state index is 12.9. The third-order valence-corrected chi connectivity index (χ3v) is 6.10. The molecule has 1 aliphatic heterocycles. The summed E-state index contributed by atoms with van der Waals surface area (Å²) in [5, 5.41) is 16.8. The molecule has 3 N–H and O–H groups in total. The van der Waals surface area contributed by atoms with Gasteiger partial charge in [0.25, 0.3) is 5.91 Å². The lowest BCUT2D eigenvalue weighted by Gasteiger charge is -2.34. The number of anilines is 1. The van der Waals surface area contributed by atoms with Crippen molar-refractivity contribution in [2.45, 2.75) is 44.2 Å². The number of benzene rings is 2. The summed E-state index contributed by atoms with van der Waals surface area (Å²) in [7, 11) is 0. The molecule has 2 aromatic rings. The maximum absolute atomic E-state index is 12.9. The van der Waals surface area contributed by atoms with Gasteiger partial charge < -0.3 is 15.4 Å². The number of amides is 4. The fourth-order valence-corrected chi connectivity index (χ4v) is 4.21. The summed E-state index contributed by atoms with van der Waals surface area (Å²) >= 11 is 0. The van der Waals surface area contributed by atoms with Crippen LogP contribution in [0.3, 0.4) is 0 Å². The zero-order valence-electron chi connectivity index (χ0n) is 17.5. The Morgan fingerprint density at radius 2 is 1.84 bits per heavy atom. The van der Waals surface area contributed by atoms with Gasteiger partial charge in [-0.25, -0.2) is 4.79 Å². The summed E-state index contributed by atoms with van der Waals surface area (Å²) in [6.45, 7) is 0.286. The van der Waals surface area contributed by atoms with E-state index in [1.54, 1.807) is 0 Å². The van der Waals surface area contributed by atoms with E-state index >= 15 is 0 Å². The largest absolute Gasteiger partial charge is 0.489 e. The summed E-state index contributed by atoms with van der Waals surface area (Å²) in [4.78, 5) is 36.5. The molecule has 0 bridgehead atoms. The Hall–Kier alpha value is -3.86. The van der Waals surface area contributed by atoms with Crippen LogP contribution in [0, 0.1) is 17.2 Å². The predicted molar refractivity (Wildman–Crippen MR) is 117 cm³/mol. The van der Waals surface area contributed by atoms with Gasteiger partial charge in [0.15, 0.2) is 0 Å². The number of carbonyl (C=O) groups is 3. The SMILES string of the molecule is N#CCc1ccc(OCc2ccccc2NC(=O)C2CCC3(CC2)NC(=O)NC3=O)cc1. The molecule has 8 nitrogen and oxygen atoms in total. The highest BCUT2D eigenvalue weighted by Gasteiger charge is 2.48. The van der Waals surface area contributed by atoms with Crippen molar-refractivity contribution >= 4 is 23.5 Å². The molecule has 2 aromatic carbocycles. The van der Waals surface area contributed by atoms with Gasteiger partial charge in [-0.05, 0) is 49.4 Å². The lowest BCUT2D eigenvalue weighted by atomic mass is 9.76. The number of urea groups is 1. The van der Waals surface area contributed by atoms with Gasteiger partial charge in [0.2, 0.25) is 5.91 Å². The van der Waals surface area contributed by atoms with Crippen molar-refractivity contribution in [1.29, 1.82) is 5.26 Å². The van der Waals surface area contributed by atoms with Gasteiger partial charge in [0.05, 0.1) is 12.5 Å². The van der Waals surface area contributed by atoms with Crippen molar-refractivity contribution in [3.05, 3.63) is 59.7 Å². The molecule has 1 saturated heterocycles. The number of nitrogens with one attached hydrogen (secondary N) is 3. The molecule has 4 rings (SSSR count). The summed E-state index contributed by atoms with van der Waals surface area (Å²) < 4.78 is 5.86. The van der Waals surface area contributed by atoms with E-state index in [1.165, 1.54) is 0 Å². The first-order valence-corrected chi connectivity index (χ1v) is 10.6. The van der Waals surface area contributed by atoms with Gasteiger partial charge in [-0.3, -0.25) is 14.9 Å². The third-order valence-electron chi connectivity index (χ3n) is 6.10. The summed E-state index contributed by atoms with van der Waals surface area (Å²) in [5.41, 5.74) is 1.58. The van der Waals surface area contributed by atoms with Crippen LogP contribution in [0.2, 0.25) is 0 Å². The molecular formula is C24H24N4O4. The van der Waals surface area contributed by atoms with Crippen LogP contribution in [0.15, 0.2) is 48.5 Å². The van der Waals surface area contributed by atoms with Gasteiger partial charge in [-0.1, -0.05) is 30.3 Å². The minimum Gasteiger partial charge on any atom is -0.489 e. The quantitative estimate of drug-likeness (QED) is 0.606. The summed E-state index contributed by atoms with van der Waals surface area (Å²) in [6.07, 6.45) is 2.28. The number of hydrogen-bond donors (Lipinski definition) is 3. The molecule has 0 unspecified atom stereocenters. The van der Waals surface area contributed by atoms with Gasteiger partial charge in [0.1, 0.15) is 17.9 Å². The van der Waals surface area contributed by atoms with E-state index in [2.05, 4.69) is 22.0 Å². The number of rotatable bonds is 6. The Balaban J connectivity index is 1.35. The van der Waals surface area contributed by atoms with Crippen molar-refractivity contribution in [2.75, 3.05) is 5.32 Å². The first-order valence-electron chi connectivity index (χ1n) is 10.6. The van der Waals surface area contributed by atoms with Crippen LogP contribution in [-0.2, 0) is 22.6 Å². The van der Waals surface area contributed by atoms with E-state index in [0.717, 1.165) is 11.1 Å². The fourth-order valence-electron chi connectivity index (χ4n) is 4.21. The molecule has 1 heterocycles. The first-order chi connectivity index (χ1) is 15.5. The number of hydrogen-bond acceptors (Lipinski definition) is 5. The van der Waals surface area contributed by atoms with Crippen molar-refractivity contribution in [3.63, 3.8) is 0 Å². The smallest absolute Gasteiger partial charge is 0.322 e. The Bertz CT molecular complexity index is 1070. The average Bonchev–Trinajstić information content (AvgIpc) is 3.07. The normalized spacial score (nSPS) is 22.0. The van der Waals surface area contributed by atoms with Crippen LogP contribution in [0.1, 0.15) is 36.8 Å². The first kappa shape index (κ1) is 21.4. The Labute approximate surface area is 185 Å². The van der Waals surface area contributed by atoms with Crippen LogP contribution in [0.4, 0.5) is 10.5 Å². The molecule has 0 aromatic heterocycles. The second-order valence-corrected chi connectivity index (χ2v) is 8.18. The van der Waals surface area contributed by atoms with Crippen LogP contribution in [-0.4, -0.2) is 23.4 Å². The van der Waals surface area contributed by atoms with Crippen molar-refractivity contribution in [3.8, 4) is 11.8 Å². The van der Waals surface area contributed by atoms with Gasteiger partial charge >= 0.3 is 6.03 Å². The molecule has 1 saturated carbocycles. The topological polar surface area (TPSA) is 120 Å². The van der Waals surface area contributed by atoms with Crippen molar-refractivity contribution < 1.29 is 19.1 Å². The number of ether oxygens (including phenoxy) is 1. The molecule has 8 heteroatoms. The standard InChI is InChI=1S/C24H24N4O4/c25-14-11-16-5-7-19(8-6-16)32-15-18-3-1-2-4-20(18)26-21(29)17-9-12-24(13-10-17)22(30)27-23(31)28-24/h1-8,17H,9-13,15H2,(H,26,29)(H2,27,28,30,31). The van der Waals surface area contributed by atoms with E-state index < -0.39 is 11.6 Å². The molecule has 0 radical (unpaired) electrons. The maximum Gasteiger partial charge on any atom is 0.322 e. The van der Waals surface area contributed by atoms with E-state index in [1.807, 2.05) is 48.5 Å². The highest BCUT2D eigenvalue weighted by molar-refractivity contribution is 6.07. The van der Waals surface area contributed by atoms with Crippen molar-refractivity contribution in [1.82, 2.24) is 10.6 Å². The highest BCUT2D eigenvalue weighted by Crippen LogP contribution is 2.35. The molecule has 4 amide bonds. The minimum absolute atomic E-state index is 0.0992. The van der Waals surface area contributed by atoms with Crippen LogP contribution < -0.4 is 20.7 Å². The van der Waals surface area contributed by atoms with Crippen molar-refractivity contribution in [2.24, 2.45) is 5.92 Å². The molecule has 1 spiro atoms. The second-order valence-electron chi connectivity index (χ2n) is 8.18. The van der Waals surface area contributed by atoms with E-state index in [0.29, 0.717) is 43.5 Å². The summed E-state index contributed by atoms with van der Waals surface area (Å²) in [6, 6.07) is 16.5. The number of nitrogens with zero attached hydrogens (tertiary/aromatic N) is 1. The third kappa shape index (κ3) is 4.57. The summed E-state index contributed by atoms with van der Waals surface area (Å²) in [5.74, 6) is 0.0530. The van der Waals surface area contributed by atoms with Gasteiger partial charge in [-0.2, -0.15) is 5.26 Å². The Kier molecular flexibility index (Phi) is 6.08. The lowest BCUT2D eigenvalue weighted by Crippen LogP contribution is -2.50. The zero-order chi connectivity index (χ0) is 22.6. The van der Waals surface area contributed by atoms with Gasteiger partial charge in [-0.15, -0.1) is 0 Å². The number of imide groups is 1. The molecular weight excluding hydrogens is 408 g/mol. The van der Waals surface area contributed by atoms with Crippen LogP contribution >= 0.6 is 0 Å². The van der Waals surface area contributed by atoms with E-state index in [-0.39, 0.29) is 24.3 Å². The highest BCUT2D eigenvalue weighted by atomic mass is 16.5.